The molecule has 3 nitrogen and oxygen atoms in total. The number of anilines is 1. The van der Waals surface area contributed by atoms with E-state index >= 15 is 0 Å². The van der Waals surface area contributed by atoms with Crippen molar-refractivity contribution in [1.29, 1.82) is 0 Å². The molecule has 3 N–H and O–H groups in total. The fraction of sp³-hybridized carbons (Fsp3) is 0.0625. The molecule has 0 saturated heterocycles. The molecule has 0 aliphatic heterocycles. The van der Waals surface area contributed by atoms with E-state index in [1.165, 1.54) is 6.07 Å². The highest BCUT2D eigenvalue weighted by Gasteiger charge is 2.19. The number of halogens is 2. The standard InChI is InChI=1S/C16H13FIN3/c1-9-5-4-7-11(14(9)18)15-13(16(19)21-20-15)10-6-2-3-8-12(10)17/h2-8H,1H3,(H3,19,20,21). The predicted molar refractivity (Wildman–Crippen MR) is 91.3 cm³/mol. The number of nitrogens with two attached hydrogens (primary N) is 1. The van der Waals surface area contributed by atoms with E-state index in [1.807, 2.05) is 25.1 Å². The van der Waals surface area contributed by atoms with Crippen LogP contribution in [0.4, 0.5) is 10.2 Å². The quantitative estimate of drug-likeness (QED) is 0.635. The van der Waals surface area contributed by atoms with Gasteiger partial charge in [-0.05, 0) is 41.1 Å². The second kappa shape index (κ2) is 5.48. The minimum atomic E-state index is -0.311. The summed E-state index contributed by atoms with van der Waals surface area (Å²) in [6.07, 6.45) is 0. The number of nitrogens with zero attached hydrogens (tertiary/aromatic N) is 1. The number of H-pyrrole nitrogens is 1. The maximum absolute atomic E-state index is 14.1. The van der Waals surface area contributed by atoms with Crippen LogP contribution in [0.1, 0.15) is 5.56 Å². The van der Waals surface area contributed by atoms with Crippen molar-refractivity contribution in [2.24, 2.45) is 0 Å². The van der Waals surface area contributed by atoms with Crippen LogP contribution in [0.5, 0.6) is 0 Å². The Morgan fingerprint density at radius 2 is 1.81 bits per heavy atom. The molecule has 0 fully saturated rings. The smallest absolute Gasteiger partial charge is 0.153 e. The van der Waals surface area contributed by atoms with Crippen molar-refractivity contribution in [1.82, 2.24) is 10.2 Å². The van der Waals surface area contributed by atoms with Gasteiger partial charge < -0.3 is 5.73 Å². The van der Waals surface area contributed by atoms with Crippen molar-refractivity contribution < 1.29 is 4.39 Å². The molecule has 2 aromatic carbocycles. The number of nitrogens with one attached hydrogen (secondary N) is 1. The second-order valence-corrected chi connectivity index (χ2v) is 5.85. The van der Waals surface area contributed by atoms with Crippen molar-refractivity contribution in [3.63, 3.8) is 0 Å². The molecule has 21 heavy (non-hydrogen) atoms. The molecule has 0 aliphatic carbocycles. The molecule has 3 rings (SSSR count). The van der Waals surface area contributed by atoms with Gasteiger partial charge in [-0.3, -0.25) is 5.10 Å². The van der Waals surface area contributed by atoms with Gasteiger partial charge in [-0.15, -0.1) is 0 Å². The maximum atomic E-state index is 14.1. The van der Waals surface area contributed by atoms with Gasteiger partial charge in [0.25, 0.3) is 0 Å². The van der Waals surface area contributed by atoms with E-state index in [-0.39, 0.29) is 5.82 Å². The molecule has 0 radical (unpaired) electrons. The molecule has 3 aromatic rings. The zero-order valence-electron chi connectivity index (χ0n) is 11.3. The summed E-state index contributed by atoms with van der Waals surface area (Å²) in [6, 6.07) is 12.6. The number of nitrogen functional groups attached to an aromatic ring is 1. The van der Waals surface area contributed by atoms with Crippen LogP contribution in [-0.2, 0) is 0 Å². The first-order chi connectivity index (χ1) is 10.1. The Bertz CT molecular complexity index is 811. The van der Waals surface area contributed by atoms with E-state index in [0.717, 1.165) is 20.4 Å². The highest BCUT2D eigenvalue weighted by molar-refractivity contribution is 14.1. The van der Waals surface area contributed by atoms with Crippen molar-refractivity contribution in [3.8, 4) is 22.4 Å². The summed E-state index contributed by atoms with van der Waals surface area (Å²) in [5.41, 5.74) is 9.88. The summed E-state index contributed by atoms with van der Waals surface area (Å²) in [4.78, 5) is 0. The van der Waals surface area contributed by atoms with Gasteiger partial charge in [-0.1, -0.05) is 36.4 Å². The summed E-state index contributed by atoms with van der Waals surface area (Å²) < 4.78 is 15.2. The number of rotatable bonds is 2. The predicted octanol–water partition coefficient (Wildman–Crippen LogP) is 4.38. The van der Waals surface area contributed by atoms with Crippen molar-refractivity contribution >= 4 is 28.4 Å². The van der Waals surface area contributed by atoms with Gasteiger partial charge in [0.2, 0.25) is 0 Å². The normalized spacial score (nSPS) is 10.8. The Morgan fingerprint density at radius 3 is 2.57 bits per heavy atom. The van der Waals surface area contributed by atoms with Crippen molar-refractivity contribution in [3.05, 3.63) is 57.4 Å². The highest BCUT2D eigenvalue weighted by Crippen LogP contribution is 2.38. The molecule has 106 valence electrons. The summed E-state index contributed by atoms with van der Waals surface area (Å²) in [5, 5.41) is 7.00. The molecule has 1 aromatic heterocycles. The average molecular weight is 393 g/mol. The minimum Gasteiger partial charge on any atom is -0.382 e. The van der Waals surface area contributed by atoms with Gasteiger partial charge in [-0.25, -0.2) is 4.39 Å². The van der Waals surface area contributed by atoms with E-state index in [2.05, 4.69) is 32.8 Å². The Labute approximate surface area is 135 Å². The van der Waals surface area contributed by atoms with E-state index in [9.17, 15) is 4.39 Å². The first kappa shape index (κ1) is 14.1. The lowest BCUT2D eigenvalue weighted by molar-refractivity contribution is 0.631. The van der Waals surface area contributed by atoms with Gasteiger partial charge in [0.1, 0.15) is 5.82 Å². The molecule has 0 amide bonds. The van der Waals surface area contributed by atoms with Gasteiger partial charge >= 0.3 is 0 Å². The molecule has 0 atom stereocenters. The molecule has 0 unspecified atom stereocenters. The SMILES string of the molecule is Cc1cccc(-c2[nH]nc(N)c2-c2ccccc2F)c1I. The second-order valence-electron chi connectivity index (χ2n) is 4.78. The van der Waals surface area contributed by atoms with Crippen LogP contribution in [0.25, 0.3) is 22.4 Å². The van der Waals surface area contributed by atoms with Crippen LogP contribution in [0.3, 0.4) is 0 Å². The molecule has 0 spiro atoms. The zero-order chi connectivity index (χ0) is 15.0. The molecular weight excluding hydrogens is 380 g/mol. The topological polar surface area (TPSA) is 54.7 Å². The number of hydrogen-bond donors (Lipinski definition) is 2. The number of aromatic nitrogens is 2. The van der Waals surface area contributed by atoms with Gasteiger partial charge in [-0.2, -0.15) is 5.10 Å². The van der Waals surface area contributed by atoms with E-state index in [1.54, 1.807) is 18.2 Å². The third-order valence-electron chi connectivity index (χ3n) is 3.40. The summed E-state index contributed by atoms with van der Waals surface area (Å²) in [6.45, 7) is 2.04. The monoisotopic (exact) mass is 393 g/mol. The summed E-state index contributed by atoms with van der Waals surface area (Å²) in [7, 11) is 0. The molecule has 1 heterocycles. The summed E-state index contributed by atoms with van der Waals surface area (Å²) in [5.74, 6) is -0.0121. The lowest BCUT2D eigenvalue weighted by Gasteiger charge is -2.09. The first-order valence-corrected chi connectivity index (χ1v) is 7.51. The van der Waals surface area contributed by atoms with Crippen molar-refractivity contribution in [2.45, 2.75) is 6.92 Å². The Hall–Kier alpha value is -1.89. The van der Waals surface area contributed by atoms with Crippen LogP contribution >= 0.6 is 22.6 Å². The Morgan fingerprint density at radius 1 is 1.10 bits per heavy atom. The first-order valence-electron chi connectivity index (χ1n) is 6.44. The molecule has 0 saturated carbocycles. The lowest BCUT2D eigenvalue weighted by Crippen LogP contribution is -1.93. The molecular formula is C16H13FIN3. The van der Waals surface area contributed by atoms with E-state index < -0.39 is 0 Å². The molecule has 5 heteroatoms. The number of aryl methyl sites for hydroxylation is 1. The van der Waals surface area contributed by atoms with Crippen LogP contribution in [0, 0.1) is 16.3 Å². The average Bonchev–Trinajstić information content (AvgIpc) is 2.84. The van der Waals surface area contributed by atoms with Crippen molar-refractivity contribution in [2.75, 3.05) is 5.73 Å². The minimum absolute atomic E-state index is 0.299. The summed E-state index contributed by atoms with van der Waals surface area (Å²) >= 11 is 2.28. The highest BCUT2D eigenvalue weighted by atomic mass is 127. The van der Waals surface area contributed by atoms with Crippen LogP contribution in [0.2, 0.25) is 0 Å². The van der Waals surface area contributed by atoms with Crippen LogP contribution < -0.4 is 5.73 Å². The fourth-order valence-corrected chi connectivity index (χ4v) is 2.96. The molecule has 0 bridgehead atoms. The Kier molecular flexibility index (Phi) is 3.67. The lowest BCUT2D eigenvalue weighted by atomic mass is 9.99. The largest absolute Gasteiger partial charge is 0.382 e. The fourth-order valence-electron chi connectivity index (χ4n) is 2.33. The number of hydrogen-bond acceptors (Lipinski definition) is 2. The number of aromatic amines is 1. The van der Waals surface area contributed by atoms with E-state index in [0.29, 0.717) is 16.9 Å². The zero-order valence-corrected chi connectivity index (χ0v) is 13.5. The van der Waals surface area contributed by atoms with Crippen LogP contribution in [0.15, 0.2) is 42.5 Å². The van der Waals surface area contributed by atoms with Gasteiger partial charge in [0, 0.05) is 14.7 Å². The van der Waals surface area contributed by atoms with Crippen LogP contribution in [-0.4, -0.2) is 10.2 Å². The molecule has 0 aliphatic rings. The van der Waals surface area contributed by atoms with Gasteiger partial charge in [0.05, 0.1) is 11.3 Å². The third kappa shape index (κ3) is 2.42. The maximum Gasteiger partial charge on any atom is 0.153 e. The van der Waals surface area contributed by atoms with E-state index in [4.69, 9.17) is 5.73 Å². The number of benzene rings is 2. The third-order valence-corrected chi connectivity index (χ3v) is 4.83. The van der Waals surface area contributed by atoms with Gasteiger partial charge in [0.15, 0.2) is 5.82 Å². The Balaban J connectivity index is 2.28.